The van der Waals surface area contributed by atoms with Crippen molar-refractivity contribution in [2.45, 2.75) is 0 Å². The largest absolute Gasteiger partial charge is 0.307 e. The molecule has 0 radical (unpaired) electrons. The fourth-order valence-electron chi connectivity index (χ4n) is 5.61. The van der Waals surface area contributed by atoms with E-state index in [9.17, 15) is 4.39 Å². The van der Waals surface area contributed by atoms with Crippen molar-refractivity contribution in [2.75, 3.05) is 4.90 Å². The van der Waals surface area contributed by atoms with Crippen LogP contribution in [0.1, 0.15) is 0 Å². The van der Waals surface area contributed by atoms with Gasteiger partial charge in [-0.1, -0.05) is 72.8 Å². The Bertz CT molecular complexity index is 2010. The van der Waals surface area contributed by atoms with Gasteiger partial charge in [-0.25, -0.2) is 4.39 Å². The van der Waals surface area contributed by atoms with Crippen LogP contribution in [0.5, 0.6) is 0 Å². The molecule has 4 heteroatoms. The van der Waals surface area contributed by atoms with Gasteiger partial charge in [-0.2, -0.15) is 0 Å². The molecular weight excluding hydrogens is 481 g/mol. The number of anilines is 3. The summed E-state index contributed by atoms with van der Waals surface area (Å²) in [7, 11) is 0. The van der Waals surface area contributed by atoms with Crippen LogP contribution in [0.3, 0.4) is 0 Å². The Kier molecular flexibility index (Phi) is 4.22. The summed E-state index contributed by atoms with van der Waals surface area (Å²) >= 11 is 3.53. The second kappa shape index (κ2) is 7.50. The summed E-state index contributed by atoms with van der Waals surface area (Å²) in [5, 5.41) is 13.1. The van der Waals surface area contributed by atoms with Crippen molar-refractivity contribution in [3.63, 3.8) is 0 Å². The maximum Gasteiger partial charge on any atom is 0.131 e. The van der Waals surface area contributed by atoms with Crippen LogP contribution in [0.4, 0.5) is 21.5 Å². The van der Waals surface area contributed by atoms with Gasteiger partial charge in [-0.05, 0) is 40.4 Å². The van der Waals surface area contributed by atoms with E-state index in [0.717, 1.165) is 32.6 Å². The van der Waals surface area contributed by atoms with Crippen molar-refractivity contribution in [3.8, 4) is 0 Å². The van der Waals surface area contributed by atoms with Gasteiger partial charge in [0, 0.05) is 47.1 Å². The van der Waals surface area contributed by atoms with E-state index in [-0.39, 0.29) is 5.82 Å². The predicted molar refractivity (Wildman–Crippen MR) is 156 cm³/mol. The highest BCUT2D eigenvalue weighted by Gasteiger charge is 2.23. The lowest BCUT2D eigenvalue weighted by Crippen LogP contribution is -2.09. The topological polar surface area (TPSA) is 3.24 Å². The number of benzene rings is 6. The van der Waals surface area contributed by atoms with E-state index in [4.69, 9.17) is 0 Å². The maximum absolute atomic E-state index is 14.9. The highest BCUT2D eigenvalue weighted by Crippen LogP contribution is 2.49. The van der Waals surface area contributed by atoms with Crippen molar-refractivity contribution < 1.29 is 4.39 Å². The zero-order chi connectivity index (χ0) is 23.8. The van der Waals surface area contributed by atoms with Crippen LogP contribution in [0.25, 0.3) is 52.5 Å². The Hall–Kier alpha value is -3.99. The van der Waals surface area contributed by atoms with Crippen molar-refractivity contribution in [1.29, 1.82) is 0 Å². The van der Waals surface area contributed by atoms with Crippen molar-refractivity contribution in [3.05, 3.63) is 114 Å². The minimum atomic E-state index is -0.174. The SMILES string of the molecule is Fc1ccc2ccc3c(N(c4csc5ccccc45)c4csc5ccccc45)ccc4ccc1c2c43. The molecule has 0 fully saturated rings. The fraction of sp³-hybridized carbons (Fsp3) is 0. The van der Waals surface area contributed by atoms with E-state index in [2.05, 4.69) is 88.5 Å². The van der Waals surface area contributed by atoms with Crippen molar-refractivity contribution in [1.82, 2.24) is 0 Å². The first-order valence-electron chi connectivity index (χ1n) is 11.9. The first-order valence-corrected chi connectivity index (χ1v) is 13.6. The van der Waals surface area contributed by atoms with Gasteiger partial charge in [0.25, 0.3) is 0 Å². The molecule has 8 rings (SSSR count). The third-order valence-electron chi connectivity index (χ3n) is 7.23. The van der Waals surface area contributed by atoms with E-state index >= 15 is 0 Å². The van der Waals surface area contributed by atoms with Gasteiger partial charge >= 0.3 is 0 Å². The van der Waals surface area contributed by atoms with Gasteiger partial charge in [0.1, 0.15) is 5.82 Å². The molecule has 0 aliphatic carbocycles. The molecule has 0 bridgehead atoms. The lowest BCUT2D eigenvalue weighted by atomic mass is 9.93. The Balaban J connectivity index is 1.52. The van der Waals surface area contributed by atoms with Crippen LogP contribution >= 0.6 is 22.7 Å². The minimum absolute atomic E-state index is 0.174. The second-order valence-electron chi connectivity index (χ2n) is 9.12. The molecule has 0 aliphatic heterocycles. The molecule has 170 valence electrons. The van der Waals surface area contributed by atoms with Gasteiger partial charge < -0.3 is 4.90 Å². The van der Waals surface area contributed by atoms with Crippen LogP contribution in [-0.4, -0.2) is 0 Å². The number of rotatable bonds is 3. The third kappa shape index (κ3) is 2.74. The summed E-state index contributed by atoms with van der Waals surface area (Å²) in [4.78, 5) is 2.40. The summed E-state index contributed by atoms with van der Waals surface area (Å²) in [5.74, 6) is -0.174. The van der Waals surface area contributed by atoms with Gasteiger partial charge in [-0.3, -0.25) is 0 Å². The molecule has 36 heavy (non-hydrogen) atoms. The van der Waals surface area contributed by atoms with E-state index < -0.39 is 0 Å². The first-order chi connectivity index (χ1) is 17.8. The predicted octanol–water partition coefficient (Wildman–Crippen LogP) is 10.6. The molecule has 1 nitrogen and oxygen atoms in total. The molecule has 6 aromatic carbocycles. The van der Waals surface area contributed by atoms with Crippen LogP contribution in [-0.2, 0) is 0 Å². The average molecular weight is 500 g/mol. The molecule has 0 atom stereocenters. The Morgan fingerprint density at radius 3 is 1.67 bits per heavy atom. The standard InChI is InChI=1S/C32H18FNS2/c33-25-15-11-19-10-14-24-26(16-12-20-9-13-21(25)31(19)32(20)24)34(27-17-35-29-7-3-1-5-22(27)29)28-18-36-30-8-4-2-6-23(28)30/h1-18H. The van der Waals surface area contributed by atoms with Gasteiger partial charge in [0.2, 0.25) is 0 Å². The monoisotopic (exact) mass is 499 g/mol. The van der Waals surface area contributed by atoms with E-state index in [0.29, 0.717) is 5.39 Å². The highest BCUT2D eigenvalue weighted by atomic mass is 32.1. The van der Waals surface area contributed by atoms with Gasteiger partial charge in [-0.15, -0.1) is 22.7 Å². The van der Waals surface area contributed by atoms with Crippen LogP contribution in [0.15, 0.2) is 108 Å². The van der Waals surface area contributed by atoms with Gasteiger partial charge in [0.15, 0.2) is 0 Å². The summed E-state index contributed by atoms with van der Waals surface area (Å²) < 4.78 is 17.4. The van der Waals surface area contributed by atoms with Crippen LogP contribution in [0.2, 0.25) is 0 Å². The van der Waals surface area contributed by atoms with Gasteiger partial charge in [0.05, 0.1) is 17.1 Å². The zero-order valence-corrected chi connectivity index (χ0v) is 20.7. The Labute approximate surface area is 214 Å². The molecule has 0 saturated carbocycles. The number of hydrogen-bond donors (Lipinski definition) is 0. The summed E-state index contributed by atoms with van der Waals surface area (Å²) in [5.41, 5.74) is 3.44. The lowest BCUT2D eigenvalue weighted by molar-refractivity contribution is 0.640. The molecule has 0 spiro atoms. The lowest BCUT2D eigenvalue weighted by Gasteiger charge is -2.27. The normalized spacial score (nSPS) is 12.0. The average Bonchev–Trinajstić information content (AvgIpc) is 3.54. The number of thiophene rings is 2. The Morgan fingerprint density at radius 2 is 1.00 bits per heavy atom. The highest BCUT2D eigenvalue weighted by molar-refractivity contribution is 7.18. The number of halogens is 1. The molecule has 2 heterocycles. The maximum atomic E-state index is 14.9. The van der Waals surface area contributed by atoms with Crippen molar-refractivity contribution >= 4 is 92.2 Å². The summed E-state index contributed by atoms with van der Waals surface area (Å²) in [6, 6.07) is 33.3. The van der Waals surface area contributed by atoms with Crippen molar-refractivity contribution in [2.24, 2.45) is 0 Å². The second-order valence-corrected chi connectivity index (χ2v) is 10.9. The molecule has 0 N–H and O–H groups in total. The van der Waals surface area contributed by atoms with E-state index in [1.165, 1.54) is 31.5 Å². The zero-order valence-electron chi connectivity index (χ0n) is 19.0. The molecule has 0 saturated heterocycles. The Morgan fingerprint density at radius 1 is 0.472 bits per heavy atom. The third-order valence-corrected chi connectivity index (χ3v) is 9.13. The van der Waals surface area contributed by atoms with Crippen LogP contribution < -0.4 is 4.90 Å². The number of hydrogen-bond acceptors (Lipinski definition) is 3. The van der Waals surface area contributed by atoms with Crippen LogP contribution in [0, 0.1) is 5.82 Å². The number of nitrogens with zero attached hydrogens (tertiary/aromatic N) is 1. The first kappa shape index (κ1) is 20.2. The molecular formula is C32H18FNS2. The molecule has 8 aromatic rings. The number of fused-ring (bicyclic) bond motifs is 2. The smallest absolute Gasteiger partial charge is 0.131 e. The van der Waals surface area contributed by atoms with E-state index in [1.54, 1.807) is 28.7 Å². The quantitative estimate of drug-likeness (QED) is 0.219. The molecule has 2 aromatic heterocycles. The fourth-order valence-corrected chi connectivity index (χ4v) is 7.46. The summed E-state index contributed by atoms with van der Waals surface area (Å²) in [6.07, 6.45) is 0. The molecule has 0 amide bonds. The molecule has 0 aliphatic rings. The van der Waals surface area contributed by atoms with E-state index in [1.807, 2.05) is 18.2 Å². The minimum Gasteiger partial charge on any atom is -0.307 e. The summed E-state index contributed by atoms with van der Waals surface area (Å²) in [6.45, 7) is 0. The molecule has 0 unspecified atom stereocenters.